The first-order chi connectivity index (χ1) is 7.64. The van der Waals surface area contributed by atoms with Crippen LogP contribution in [0.25, 0.3) is 0 Å². The SMILES string of the molecule is CC(C)Cc1ccc(C(F)(F)C(C)(C)N)cc1. The maximum atomic E-state index is 13.9. The minimum atomic E-state index is -3.01. The van der Waals surface area contributed by atoms with Crippen LogP contribution in [-0.4, -0.2) is 5.54 Å². The third-order valence-corrected chi connectivity index (χ3v) is 2.77. The van der Waals surface area contributed by atoms with Crippen LogP contribution in [0.2, 0.25) is 0 Å². The molecule has 1 aromatic carbocycles. The van der Waals surface area contributed by atoms with Crippen molar-refractivity contribution in [1.29, 1.82) is 0 Å². The van der Waals surface area contributed by atoms with E-state index in [4.69, 9.17) is 5.73 Å². The Balaban J connectivity index is 2.95. The predicted molar refractivity (Wildman–Crippen MR) is 67.1 cm³/mol. The largest absolute Gasteiger partial charge is 0.320 e. The molecule has 3 heteroatoms. The lowest BCUT2D eigenvalue weighted by molar-refractivity contribution is -0.0672. The quantitative estimate of drug-likeness (QED) is 0.854. The molecule has 1 nitrogen and oxygen atoms in total. The molecule has 0 amide bonds. The van der Waals surface area contributed by atoms with Gasteiger partial charge in [-0.2, -0.15) is 8.78 Å². The van der Waals surface area contributed by atoms with Crippen LogP contribution in [0.4, 0.5) is 8.78 Å². The van der Waals surface area contributed by atoms with Crippen LogP contribution in [0.5, 0.6) is 0 Å². The van der Waals surface area contributed by atoms with Crippen molar-refractivity contribution >= 4 is 0 Å². The zero-order chi connectivity index (χ0) is 13.3. The lowest BCUT2D eigenvalue weighted by atomic mass is 9.90. The van der Waals surface area contributed by atoms with Crippen LogP contribution in [0.1, 0.15) is 38.8 Å². The molecule has 1 aromatic rings. The standard InChI is InChI=1S/C14H21F2N/c1-10(2)9-11-5-7-12(8-6-11)14(15,16)13(3,4)17/h5-8,10H,9,17H2,1-4H3. The minimum absolute atomic E-state index is 0.0162. The van der Waals surface area contributed by atoms with Crippen molar-refractivity contribution in [2.24, 2.45) is 11.7 Å². The monoisotopic (exact) mass is 241 g/mol. The van der Waals surface area contributed by atoms with E-state index in [0.29, 0.717) is 5.92 Å². The first-order valence-corrected chi connectivity index (χ1v) is 5.90. The zero-order valence-corrected chi connectivity index (χ0v) is 10.9. The molecule has 0 aromatic heterocycles. The molecule has 0 bridgehead atoms. The Labute approximate surface area is 102 Å². The fourth-order valence-corrected chi connectivity index (χ4v) is 1.69. The molecule has 0 heterocycles. The first kappa shape index (κ1) is 14.1. The van der Waals surface area contributed by atoms with Crippen molar-refractivity contribution in [3.8, 4) is 0 Å². The van der Waals surface area contributed by atoms with Crippen molar-refractivity contribution in [2.45, 2.75) is 45.6 Å². The van der Waals surface area contributed by atoms with Crippen molar-refractivity contribution in [2.75, 3.05) is 0 Å². The molecule has 0 aliphatic heterocycles. The minimum Gasteiger partial charge on any atom is -0.320 e. The van der Waals surface area contributed by atoms with Gasteiger partial charge in [-0.15, -0.1) is 0 Å². The maximum Gasteiger partial charge on any atom is 0.290 e. The number of alkyl halides is 2. The van der Waals surface area contributed by atoms with Crippen LogP contribution in [-0.2, 0) is 12.3 Å². The van der Waals surface area contributed by atoms with E-state index in [-0.39, 0.29) is 5.56 Å². The molecule has 1 rings (SSSR count). The van der Waals surface area contributed by atoms with Gasteiger partial charge in [0.1, 0.15) is 0 Å². The maximum absolute atomic E-state index is 13.9. The van der Waals surface area contributed by atoms with E-state index in [1.165, 1.54) is 26.0 Å². The molecule has 17 heavy (non-hydrogen) atoms. The summed E-state index contributed by atoms with van der Waals surface area (Å²) in [6, 6.07) is 6.47. The number of hydrogen-bond acceptors (Lipinski definition) is 1. The fourth-order valence-electron chi connectivity index (χ4n) is 1.69. The summed E-state index contributed by atoms with van der Waals surface area (Å²) >= 11 is 0. The van der Waals surface area contributed by atoms with Crippen molar-refractivity contribution in [3.63, 3.8) is 0 Å². The number of rotatable bonds is 4. The Hall–Kier alpha value is -0.960. The van der Waals surface area contributed by atoms with Gasteiger partial charge in [-0.1, -0.05) is 38.1 Å². The van der Waals surface area contributed by atoms with Gasteiger partial charge in [0.25, 0.3) is 5.92 Å². The lowest BCUT2D eigenvalue weighted by Gasteiger charge is -2.30. The van der Waals surface area contributed by atoms with E-state index in [0.717, 1.165) is 12.0 Å². The Morgan fingerprint density at radius 2 is 1.59 bits per heavy atom. The van der Waals surface area contributed by atoms with Gasteiger partial charge in [0.05, 0.1) is 5.54 Å². The number of benzene rings is 1. The topological polar surface area (TPSA) is 26.0 Å². The molecular weight excluding hydrogens is 220 g/mol. The second-order valence-corrected chi connectivity index (χ2v) is 5.59. The van der Waals surface area contributed by atoms with E-state index in [9.17, 15) is 8.78 Å². The van der Waals surface area contributed by atoms with Gasteiger partial charge in [0.2, 0.25) is 0 Å². The van der Waals surface area contributed by atoms with E-state index >= 15 is 0 Å². The van der Waals surface area contributed by atoms with E-state index in [1.54, 1.807) is 12.1 Å². The fraction of sp³-hybridized carbons (Fsp3) is 0.571. The third-order valence-electron chi connectivity index (χ3n) is 2.77. The summed E-state index contributed by atoms with van der Waals surface area (Å²) in [6.45, 7) is 6.89. The molecule has 96 valence electrons. The van der Waals surface area contributed by atoms with Gasteiger partial charge in [-0.25, -0.2) is 0 Å². The third kappa shape index (κ3) is 3.25. The first-order valence-electron chi connectivity index (χ1n) is 5.90. The molecule has 0 saturated carbocycles. The summed E-state index contributed by atoms with van der Waals surface area (Å²) in [4.78, 5) is 0. The van der Waals surface area contributed by atoms with Crippen LogP contribution in [0.3, 0.4) is 0 Å². The van der Waals surface area contributed by atoms with E-state index < -0.39 is 11.5 Å². The second kappa shape index (κ2) is 4.73. The highest BCUT2D eigenvalue weighted by Crippen LogP contribution is 2.37. The van der Waals surface area contributed by atoms with Gasteiger partial charge in [0.15, 0.2) is 0 Å². The summed E-state index contributed by atoms with van der Waals surface area (Å²) in [6.07, 6.45) is 0.901. The van der Waals surface area contributed by atoms with Gasteiger partial charge < -0.3 is 5.73 Å². The predicted octanol–water partition coefficient (Wildman–Crippen LogP) is 3.71. The highest BCUT2D eigenvalue weighted by molar-refractivity contribution is 5.28. The molecule has 0 atom stereocenters. The van der Waals surface area contributed by atoms with Gasteiger partial charge in [0, 0.05) is 5.56 Å². The normalized spacial score (nSPS) is 13.2. The summed E-state index contributed by atoms with van der Waals surface area (Å²) in [5, 5.41) is 0. The molecular formula is C14H21F2N. The molecule has 0 fully saturated rings. The molecule has 0 aliphatic rings. The second-order valence-electron chi connectivity index (χ2n) is 5.59. The molecule has 2 N–H and O–H groups in total. The van der Waals surface area contributed by atoms with Crippen LogP contribution < -0.4 is 5.73 Å². The Morgan fingerprint density at radius 1 is 1.12 bits per heavy atom. The van der Waals surface area contributed by atoms with Crippen molar-refractivity contribution in [1.82, 2.24) is 0 Å². The molecule has 0 saturated heterocycles. The highest BCUT2D eigenvalue weighted by atomic mass is 19.3. The molecule has 0 unspecified atom stereocenters. The van der Waals surface area contributed by atoms with Gasteiger partial charge in [-0.3, -0.25) is 0 Å². The summed E-state index contributed by atoms with van der Waals surface area (Å²) in [5.74, 6) is -2.49. The van der Waals surface area contributed by atoms with Gasteiger partial charge in [-0.05, 0) is 31.7 Å². The average molecular weight is 241 g/mol. The number of halogens is 2. The van der Waals surface area contributed by atoms with E-state index in [2.05, 4.69) is 13.8 Å². The molecule has 0 spiro atoms. The Morgan fingerprint density at radius 3 is 1.94 bits per heavy atom. The van der Waals surface area contributed by atoms with Crippen LogP contribution >= 0.6 is 0 Å². The number of nitrogens with two attached hydrogens (primary N) is 1. The average Bonchev–Trinajstić information content (AvgIpc) is 2.15. The van der Waals surface area contributed by atoms with Crippen molar-refractivity contribution < 1.29 is 8.78 Å². The van der Waals surface area contributed by atoms with Crippen molar-refractivity contribution in [3.05, 3.63) is 35.4 Å². The summed E-state index contributed by atoms with van der Waals surface area (Å²) in [5.41, 5.74) is 5.03. The zero-order valence-electron chi connectivity index (χ0n) is 10.9. The van der Waals surface area contributed by atoms with Crippen LogP contribution in [0, 0.1) is 5.92 Å². The summed E-state index contributed by atoms with van der Waals surface area (Å²) < 4.78 is 27.9. The summed E-state index contributed by atoms with van der Waals surface area (Å²) in [7, 11) is 0. The van der Waals surface area contributed by atoms with Gasteiger partial charge >= 0.3 is 0 Å². The van der Waals surface area contributed by atoms with E-state index in [1.807, 2.05) is 0 Å². The lowest BCUT2D eigenvalue weighted by Crippen LogP contribution is -2.48. The number of hydrogen-bond donors (Lipinski definition) is 1. The molecule has 0 aliphatic carbocycles. The highest BCUT2D eigenvalue weighted by Gasteiger charge is 2.45. The Bertz CT molecular complexity index is 361. The smallest absolute Gasteiger partial charge is 0.290 e. The van der Waals surface area contributed by atoms with Crippen LogP contribution in [0.15, 0.2) is 24.3 Å². The Kier molecular flexibility index (Phi) is 3.92. The molecule has 0 radical (unpaired) electrons.